The van der Waals surface area contributed by atoms with Gasteiger partial charge in [0.25, 0.3) is 0 Å². The molecule has 0 radical (unpaired) electrons. The molecule has 1 aliphatic rings. The minimum absolute atomic E-state index is 0.0655. The Morgan fingerprint density at radius 3 is 2.09 bits per heavy atom. The van der Waals surface area contributed by atoms with Crippen LogP contribution in [0.3, 0.4) is 0 Å². The largest absolute Gasteiger partial charge is 0.356 e. The average molecular weight is 448 g/mol. The fourth-order valence-corrected chi connectivity index (χ4v) is 5.20. The third-order valence-electron chi connectivity index (χ3n) is 3.91. The van der Waals surface area contributed by atoms with Crippen molar-refractivity contribution in [3.05, 3.63) is 10.6 Å². The van der Waals surface area contributed by atoms with E-state index in [1.54, 1.807) is 6.08 Å². The maximum atomic E-state index is 12.5. The molecule has 1 fully saturated rings. The summed E-state index contributed by atoms with van der Waals surface area (Å²) in [6, 6.07) is 0. The zero-order valence-electron chi connectivity index (χ0n) is 12.8. The van der Waals surface area contributed by atoms with Crippen LogP contribution in [-0.2, 0) is 18.4 Å². The molecule has 1 rings (SSSR count). The van der Waals surface area contributed by atoms with Crippen molar-refractivity contribution < 1.29 is 18.4 Å². The summed E-state index contributed by atoms with van der Waals surface area (Å²) in [4.78, 5) is 12.5. The fraction of sp³-hybridized carbons (Fsp3) is 0.750. The van der Waals surface area contributed by atoms with Crippen LogP contribution in [0.15, 0.2) is 10.6 Å². The number of nitrogens with one attached hydrogen (secondary N) is 1. The number of carbonyl (C=O) groups excluding carboxylic acids is 1. The van der Waals surface area contributed by atoms with Crippen LogP contribution in [0.25, 0.3) is 0 Å². The number of amides is 1. The van der Waals surface area contributed by atoms with E-state index in [0.29, 0.717) is 0 Å². The minimum atomic E-state index is -3.86. The highest BCUT2D eigenvalue weighted by atomic mass is 35.6. The second-order valence-corrected chi connectivity index (χ2v) is 11.3. The van der Waals surface area contributed by atoms with E-state index in [1.165, 1.54) is 0 Å². The van der Waals surface area contributed by atoms with Gasteiger partial charge in [0.2, 0.25) is 9.70 Å². The number of carbonyl (C=O) groups is 1. The molecule has 0 bridgehead atoms. The Balaban J connectivity index is 3.01. The second kappa shape index (κ2) is 7.59. The van der Waals surface area contributed by atoms with Gasteiger partial charge in [-0.2, -0.15) is 0 Å². The number of alkyl halides is 3. The Bertz CT molecular complexity index is 536. The summed E-state index contributed by atoms with van der Waals surface area (Å²) in [5, 5.41) is 2.46. The van der Waals surface area contributed by atoms with Crippen molar-refractivity contribution in [3.63, 3.8) is 0 Å². The molecule has 0 aliphatic heterocycles. The Morgan fingerprint density at radius 2 is 1.74 bits per heavy atom. The molecule has 0 aromatic carbocycles. The van der Waals surface area contributed by atoms with E-state index in [2.05, 4.69) is 5.32 Å². The molecule has 23 heavy (non-hydrogen) atoms. The molecular formula is C12H17Cl5NO4P. The lowest BCUT2D eigenvalue weighted by atomic mass is 10.1. The Kier molecular flexibility index (Phi) is 7.21. The van der Waals surface area contributed by atoms with Crippen molar-refractivity contribution in [2.24, 2.45) is 17.3 Å². The van der Waals surface area contributed by atoms with Crippen LogP contribution in [0.5, 0.6) is 0 Å². The van der Waals surface area contributed by atoms with Crippen molar-refractivity contribution in [2.45, 2.75) is 23.4 Å². The molecular weight excluding hydrogens is 430 g/mol. The molecule has 1 amide bonds. The van der Waals surface area contributed by atoms with E-state index in [1.807, 2.05) is 13.8 Å². The first-order valence-corrected chi connectivity index (χ1v) is 9.92. The van der Waals surface area contributed by atoms with E-state index in [0.717, 1.165) is 14.2 Å². The average Bonchev–Trinajstić information content (AvgIpc) is 2.94. The monoisotopic (exact) mass is 445 g/mol. The smallest absolute Gasteiger partial charge is 0.338 e. The molecule has 1 aliphatic carbocycles. The molecule has 134 valence electrons. The van der Waals surface area contributed by atoms with Gasteiger partial charge < -0.3 is 14.4 Å². The first-order chi connectivity index (χ1) is 10.3. The Hall–Kier alpha value is 0.810. The van der Waals surface area contributed by atoms with Crippen LogP contribution >= 0.6 is 65.6 Å². The highest BCUT2D eigenvalue weighted by Gasteiger charge is 2.62. The molecule has 11 heteroatoms. The van der Waals surface area contributed by atoms with Gasteiger partial charge in [-0.05, 0) is 17.4 Å². The fourth-order valence-electron chi connectivity index (χ4n) is 2.48. The number of hydrogen-bond donors (Lipinski definition) is 1. The highest BCUT2D eigenvalue weighted by Crippen LogP contribution is 2.61. The van der Waals surface area contributed by atoms with Gasteiger partial charge in [-0.25, -0.2) is 0 Å². The van der Waals surface area contributed by atoms with Gasteiger partial charge in [0.1, 0.15) is 4.49 Å². The third kappa shape index (κ3) is 4.92. The van der Waals surface area contributed by atoms with Gasteiger partial charge in [-0.1, -0.05) is 71.9 Å². The van der Waals surface area contributed by atoms with Crippen LogP contribution in [0.1, 0.15) is 13.8 Å². The lowest BCUT2D eigenvalue weighted by Crippen LogP contribution is -2.45. The molecule has 3 unspecified atom stereocenters. The van der Waals surface area contributed by atoms with Crippen LogP contribution in [-0.4, -0.2) is 29.7 Å². The van der Waals surface area contributed by atoms with Crippen LogP contribution in [0.4, 0.5) is 0 Å². The zero-order chi connectivity index (χ0) is 18.2. The third-order valence-corrected chi connectivity index (χ3v) is 7.44. The summed E-state index contributed by atoms with van der Waals surface area (Å²) in [5.41, 5.74) is -0.388. The molecule has 0 saturated heterocycles. The van der Waals surface area contributed by atoms with Gasteiger partial charge in [-0.15, -0.1) is 0 Å². The number of allylic oxidation sites excluding steroid dienone is 1. The summed E-state index contributed by atoms with van der Waals surface area (Å²) in [6.45, 7) is 3.73. The molecule has 1 N–H and O–H groups in total. The van der Waals surface area contributed by atoms with Crippen molar-refractivity contribution in [2.75, 3.05) is 14.2 Å². The van der Waals surface area contributed by atoms with Crippen molar-refractivity contribution in [3.8, 4) is 0 Å². The van der Waals surface area contributed by atoms with Crippen molar-refractivity contribution >= 4 is 71.5 Å². The molecule has 0 aromatic heterocycles. The van der Waals surface area contributed by atoms with Crippen LogP contribution < -0.4 is 5.32 Å². The number of rotatable bonds is 6. The van der Waals surface area contributed by atoms with E-state index >= 15 is 0 Å². The summed E-state index contributed by atoms with van der Waals surface area (Å²) >= 11 is 28.8. The van der Waals surface area contributed by atoms with E-state index in [4.69, 9.17) is 67.1 Å². The molecule has 0 aromatic rings. The molecule has 1 saturated carbocycles. The van der Waals surface area contributed by atoms with E-state index < -0.39 is 29.0 Å². The second-order valence-electron chi connectivity index (χ2n) is 5.64. The maximum Gasteiger partial charge on any atom is 0.356 e. The lowest BCUT2D eigenvalue weighted by molar-refractivity contribution is -0.123. The Morgan fingerprint density at radius 1 is 1.26 bits per heavy atom. The number of halogens is 5. The summed E-state index contributed by atoms with van der Waals surface area (Å²) < 4.78 is 20.2. The predicted octanol–water partition coefficient (Wildman–Crippen LogP) is 4.88. The minimum Gasteiger partial charge on any atom is -0.338 e. The van der Waals surface area contributed by atoms with Crippen LogP contribution in [0, 0.1) is 17.3 Å². The molecule has 0 spiro atoms. The van der Waals surface area contributed by atoms with Crippen molar-refractivity contribution in [1.82, 2.24) is 5.32 Å². The summed E-state index contributed by atoms with van der Waals surface area (Å²) in [7, 11) is -1.59. The van der Waals surface area contributed by atoms with Gasteiger partial charge >= 0.3 is 7.60 Å². The number of hydrogen-bond acceptors (Lipinski definition) is 4. The zero-order valence-corrected chi connectivity index (χ0v) is 17.5. The lowest BCUT2D eigenvalue weighted by Gasteiger charge is -2.30. The quantitative estimate of drug-likeness (QED) is 0.466. The molecule has 3 atom stereocenters. The maximum absolute atomic E-state index is 12.5. The molecule has 5 nitrogen and oxygen atoms in total. The van der Waals surface area contributed by atoms with Crippen LogP contribution in [0.2, 0.25) is 0 Å². The first-order valence-electron chi connectivity index (χ1n) is 6.42. The summed E-state index contributed by atoms with van der Waals surface area (Å²) in [6.07, 6.45) is 1.57. The SMILES string of the molecule is COP(=O)(OC)C(NC(=O)C1C(C=C(Cl)Cl)C1(C)C)C(Cl)(Cl)Cl. The standard InChI is InChI=1S/C12H17Cl5NO4P/c1-11(2)6(5-7(13)14)8(11)9(19)18-10(12(15,16)17)23(20,21-3)22-4/h5-6,8,10H,1-4H3,(H,18,19). The predicted molar refractivity (Wildman–Crippen MR) is 94.4 cm³/mol. The first kappa shape index (κ1) is 21.9. The van der Waals surface area contributed by atoms with E-state index in [-0.39, 0.29) is 15.8 Å². The van der Waals surface area contributed by atoms with Gasteiger partial charge in [-0.3, -0.25) is 9.36 Å². The topological polar surface area (TPSA) is 64.6 Å². The highest BCUT2D eigenvalue weighted by molar-refractivity contribution is 7.55. The van der Waals surface area contributed by atoms with Crippen molar-refractivity contribution in [1.29, 1.82) is 0 Å². The Labute approximate surface area is 160 Å². The normalized spacial score (nSPS) is 24.7. The van der Waals surface area contributed by atoms with Gasteiger partial charge in [0.15, 0.2) is 5.78 Å². The van der Waals surface area contributed by atoms with E-state index in [9.17, 15) is 9.36 Å². The summed E-state index contributed by atoms with van der Waals surface area (Å²) in [5.74, 6) is -2.58. The molecule has 0 heterocycles. The van der Waals surface area contributed by atoms with Gasteiger partial charge in [0.05, 0.1) is 5.92 Å². The van der Waals surface area contributed by atoms with Gasteiger partial charge in [0, 0.05) is 14.2 Å².